The zero-order chi connectivity index (χ0) is 12.1. The molecule has 0 bridgehead atoms. The minimum atomic E-state index is 0.388. The highest BCUT2D eigenvalue weighted by molar-refractivity contribution is 5.69. The molecular formula is C13H10N3O. The van der Waals surface area contributed by atoms with Crippen LogP contribution in [-0.2, 0) is 13.0 Å². The molecule has 0 fully saturated rings. The summed E-state index contributed by atoms with van der Waals surface area (Å²) in [6.45, 7) is 0.653. The summed E-state index contributed by atoms with van der Waals surface area (Å²) in [4.78, 5) is 14.5. The Hall–Kier alpha value is -2.41. The van der Waals surface area contributed by atoms with Crippen LogP contribution in [0, 0.1) is 17.5 Å². The second kappa shape index (κ2) is 5.08. The van der Waals surface area contributed by atoms with Crippen molar-refractivity contribution in [1.82, 2.24) is 9.55 Å². The lowest BCUT2D eigenvalue weighted by atomic mass is 10.1. The Morgan fingerprint density at radius 3 is 2.82 bits per heavy atom. The molecule has 1 radical (unpaired) electrons. The van der Waals surface area contributed by atoms with Gasteiger partial charge in [-0.1, -0.05) is 12.1 Å². The van der Waals surface area contributed by atoms with E-state index in [4.69, 9.17) is 5.26 Å². The number of aryl methyl sites for hydroxylation is 2. The molecule has 83 valence electrons. The predicted octanol–water partition coefficient (Wildman–Crippen LogP) is 1.61. The van der Waals surface area contributed by atoms with Crippen LogP contribution in [0.15, 0.2) is 30.5 Å². The van der Waals surface area contributed by atoms with E-state index in [1.165, 1.54) is 6.20 Å². The monoisotopic (exact) mass is 224 g/mol. The zero-order valence-electron chi connectivity index (χ0n) is 9.13. The summed E-state index contributed by atoms with van der Waals surface area (Å²) in [5.41, 5.74) is 1.76. The summed E-state index contributed by atoms with van der Waals surface area (Å²) in [6.07, 6.45) is 5.85. The summed E-state index contributed by atoms with van der Waals surface area (Å²) in [5.74, 6) is 0.388. The van der Waals surface area contributed by atoms with Gasteiger partial charge in [0.15, 0.2) is 12.1 Å². The van der Waals surface area contributed by atoms with Crippen molar-refractivity contribution < 1.29 is 4.79 Å². The first-order valence-electron chi connectivity index (χ1n) is 5.21. The van der Waals surface area contributed by atoms with Crippen molar-refractivity contribution in [3.63, 3.8) is 0 Å². The van der Waals surface area contributed by atoms with Gasteiger partial charge in [-0.3, -0.25) is 4.79 Å². The second-order valence-corrected chi connectivity index (χ2v) is 3.57. The molecule has 17 heavy (non-hydrogen) atoms. The minimum absolute atomic E-state index is 0.388. The normalized spacial score (nSPS) is 9.82. The quantitative estimate of drug-likeness (QED) is 0.741. The molecule has 1 aromatic heterocycles. The van der Waals surface area contributed by atoms with Crippen LogP contribution in [0.3, 0.4) is 0 Å². The van der Waals surface area contributed by atoms with Gasteiger partial charge in [0.05, 0.1) is 24.0 Å². The van der Waals surface area contributed by atoms with Crippen molar-refractivity contribution >= 4 is 6.29 Å². The SMILES string of the molecule is N#Cc1ccc(CCn2[c]cnc2C=O)cc1. The van der Waals surface area contributed by atoms with Crippen molar-refractivity contribution in [2.24, 2.45) is 0 Å². The van der Waals surface area contributed by atoms with E-state index in [0.29, 0.717) is 17.9 Å². The first-order valence-corrected chi connectivity index (χ1v) is 5.21. The highest BCUT2D eigenvalue weighted by atomic mass is 16.1. The van der Waals surface area contributed by atoms with Gasteiger partial charge in [-0.05, 0) is 24.1 Å². The number of aldehydes is 1. The third-order valence-corrected chi connectivity index (χ3v) is 2.50. The Morgan fingerprint density at radius 2 is 2.18 bits per heavy atom. The van der Waals surface area contributed by atoms with Crippen LogP contribution < -0.4 is 0 Å². The van der Waals surface area contributed by atoms with Gasteiger partial charge in [-0.15, -0.1) is 0 Å². The van der Waals surface area contributed by atoms with E-state index < -0.39 is 0 Å². The van der Waals surface area contributed by atoms with Crippen molar-refractivity contribution in [3.8, 4) is 6.07 Å². The number of hydrogen-bond acceptors (Lipinski definition) is 3. The topological polar surface area (TPSA) is 58.7 Å². The summed E-state index contributed by atoms with van der Waals surface area (Å²) in [6, 6.07) is 9.47. The molecule has 1 aromatic carbocycles. The number of nitrogens with zero attached hydrogens (tertiary/aromatic N) is 3. The number of imidazole rings is 1. The number of benzene rings is 1. The molecule has 0 aliphatic carbocycles. The molecule has 0 aliphatic rings. The van der Waals surface area contributed by atoms with Crippen LogP contribution in [-0.4, -0.2) is 15.8 Å². The smallest absolute Gasteiger partial charge is 0.185 e. The van der Waals surface area contributed by atoms with E-state index in [9.17, 15) is 4.79 Å². The molecule has 1 heterocycles. The summed E-state index contributed by atoms with van der Waals surface area (Å²) in [7, 11) is 0. The van der Waals surface area contributed by atoms with E-state index in [1.807, 2.05) is 12.1 Å². The summed E-state index contributed by atoms with van der Waals surface area (Å²) < 4.78 is 1.69. The Balaban J connectivity index is 2.02. The van der Waals surface area contributed by atoms with E-state index in [0.717, 1.165) is 18.3 Å². The highest BCUT2D eigenvalue weighted by Crippen LogP contribution is 2.06. The van der Waals surface area contributed by atoms with Gasteiger partial charge in [0, 0.05) is 6.54 Å². The Morgan fingerprint density at radius 1 is 1.41 bits per heavy atom. The van der Waals surface area contributed by atoms with Gasteiger partial charge in [-0.25, -0.2) is 4.98 Å². The number of aromatic nitrogens is 2. The first kappa shape index (κ1) is 11.1. The maximum atomic E-state index is 10.6. The Kier molecular flexibility index (Phi) is 3.31. The average molecular weight is 224 g/mol. The van der Waals surface area contributed by atoms with E-state index >= 15 is 0 Å². The Bertz CT molecular complexity index is 549. The molecule has 0 atom stereocenters. The third kappa shape index (κ3) is 2.58. The van der Waals surface area contributed by atoms with Crippen molar-refractivity contribution in [3.05, 3.63) is 53.6 Å². The van der Waals surface area contributed by atoms with Gasteiger partial charge in [0.25, 0.3) is 0 Å². The summed E-state index contributed by atoms with van der Waals surface area (Å²) >= 11 is 0. The van der Waals surface area contributed by atoms with Crippen molar-refractivity contribution in [1.29, 1.82) is 5.26 Å². The molecule has 0 spiro atoms. The van der Waals surface area contributed by atoms with E-state index in [-0.39, 0.29) is 0 Å². The lowest BCUT2D eigenvalue weighted by Gasteiger charge is -2.03. The second-order valence-electron chi connectivity index (χ2n) is 3.57. The molecule has 0 N–H and O–H groups in total. The molecule has 4 heteroatoms. The van der Waals surface area contributed by atoms with Gasteiger partial charge >= 0.3 is 0 Å². The number of carbonyl (C=O) groups is 1. The number of carbonyl (C=O) groups excluding carboxylic acids is 1. The van der Waals surface area contributed by atoms with Crippen molar-refractivity contribution in [2.75, 3.05) is 0 Å². The number of nitriles is 1. The van der Waals surface area contributed by atoms with E-state index in [1.54, 1.807) is 16.7 Å². The number of hydrogen-bond donors (Lipinski definition) is 0. The number of rotatable bonds is 4. The standard InChI is InChI=1S/C13H10N3O/c14-9-12-3-1-11(2-4-12)5-7-16-8-6-15-13(16)10-17/h1-4,6,10H,5,7H2. The molecule has 0 saturated carbocycles. The van der Waals surface area contributed by atoms with Gasteiger partial charge in [-0.2, -0.15) is 5.26 Å². The van der Waals surface area contributed by atoms with Gasteiger partial charge in [0.1, 0.15) is 0 Å². The Labute approximate surface area is 99.1 Å². The summed E-state index contributed by atoms with van der Waals surface area (Å²) in [5, 5.41) is 8.67. The molecule has 2 rings (SSSR count). The maximum Gasteiger partial charge on any atom is 0.185 e. The van der Waals surface area contributed by atoms with Crippen LogP contribution in [0.1, 0.15) is 21.7 Å². The van der Waals surface area contributed by atoms with Crippen LogP contribution in [0.25, 0.3) is 0 Å². The lowest BCUT2D eigenvalue weighted by molar-refractivity contribution is 0.111. The molecule has 4 nitrogen and oxygen atoms in total. The van der Waals surface area contributed by atoms with Crippen LogP contribution in [0.4, 0.5) is 0 Å². The third-order valence-electron chi connectivity index (χ3n) is 2.50. The van der Waals surface area contributed by atoms with Crippen LogP contribution in [0.2, 0.25) is 0 Å². The van der Waals surface area contributed by atoms with Crippen molar-refractivity contribution in [2.45, 2.75) is 13.0 Å². The molecule has 0 saturated heterocycles. The fourth-order valence-electron chi connectivity index (χ4n) is 1.56. The maximum absolute atomic E-state index is 10.6. The fraction of sp³-hybridized carbons (Fsp3) is 0.154. The molecule has 0 aliphatic heterocycles. The zero-order valence-corrected chi connectivity index (χ0v) is 9.13. The largest absolute Gasteiger partial charge is 0.320 e. The molecule has 0 unspecified atom stereocenters. The predicted molar refractivity (Wildman–Crippen MR) is 61.3 cm³/mol. The molecule has 2 aromatic rings. The highest BCUT2D eigenvalue weighted by Gasteiger charge is 2.01. The van der Waals surface area contributed by atoms with Gasteiger partial charge in [0.2, 0.25) is 0 Å². The first-order chi connectivity index (χ1) is 8.33. The fourth-order valence-corrected chi connectivity index (χ4v) is 1.56. The van der Waals surface area contributed by atoms with Crippen LogP contribution in [0.5, 0.6) is 0 Å². The molecular weight excluding hydrogens is 214 g/mol. The lowest BCUT2D eigenvalue weighted by Crippen LogP contribution is -2.04. The average Bonchev–Trinajstić information content (AvgIpc) is 2.84. The van der Waals surface area contributed by atoms with Gasteiger partial charge < -0.3 is 4.57 Å². The molecule has 0 amide bonds. The van der Waals surface area contributed by atoms with Crippen LogP contribution >= 0.6 is 0 Å². The minimum Gasteiger partial charge on any atom is -0.320 e. The van der Waals surface area contributed by atoms with E-state index in [2.05, 4.69) is 17.3 Å².